The molecule has 1 N–H and O–H groups in total. The average Bonchev–Trinajstić information content (AvgIpc) is 3.21. The standard InChI is InChI=1S/C16H18F3N5O2/c1-8-9(2)12(22-24-11(8)20-21-13(24)16(17,18)19)23-6-10-4-3-5-15(10,7-23)14(25)26/h10H,3-7H2,1-2H3,(H,25,26)/t10-,15+/m0/s1. The molecule has 1 saturated carbocycles. The van der Waals surface area contributed by atoms with Crippen LogP contribution in [0.25, 0.3) is 5.65 Å². The maximum absolute atomic E-state index is 13.2. The number of rotatable bonds is 2. The Hall–Kier alpha value is -2.39. The van der Waals surface area contributed by atoms with Crippen LogP contribution in [0, 0.1) is 25.2 Å². The van der Waals surface area contributed by atoms with E-state index in [1.54, 1.807) is 18.7 Å². The van der Waals surface area contributed by atoms with E-state index in [9.17, 15) is 23.1 Å². The van der Waals surface area contributed by atoms with Gasteiger partial charge in [0.05, 0.1) is 5.41 Å². The summed E-state index contributed by atoms with van der Waals surface area (Å²) in [6.45, 7) is 4.18. The lowest BCUT2D eigenvalue weighted by Gasteiger charge is -2.25. The molecule has 2 aromatic heterocycles. The van der Waals surface area contributed by atoms with Crippen LogP contribution in [0.5, 0.6) is 0 Å². The molecule has 26 heavy (non-hydrogen) atoms. The zero-order chi connectivity index (χ0) is 18.9. The van der Waals surface area contributed by atoms with Crippen molar-refractivity contribution in [3.05, 3.63) is 17.0 Å². The van der Waals surface area contributed by atoms with Crippen molar-refractivity contribution in [3.63, 3.8) is 0 Å². The summed E-state index contributed by atoms with van der Waals surface area (Å²) in [5.74, 6) is -1.65. The quantitative estimate of drug-likeness (QED) is 0.876. The van der Waals surface area contributed by atoms with Gasteiger partial charge in [0, 0.05) is 24.2 Å². The van der Waals surface area contributed by atoms with E-state index in [-0.39, 0.29) is 18.1 Å². The molecule has 0 unspecified atom stereocenters. The van der Waals surface area contributed by atoms with Crippen LogP contribution in [0.15, 0.2) is 0 Å². The molecule has 0 bridgehead atoms. The topological polar surface area (TPSA) is 83.6 Å². The predicted molar refractivity (Wildman–Crippen MR) is 84.9 cm³/mol. The van der Waals surface area contributed by atoms with E-state index in [1.807, 2.05) is 0 Å². The van der Waals surface area contributed by atoms with Gasteiger partial charge in [-0.05, 0) is 32.6 Å². The molecule has 1 aliphatic carbocycles. The van der Waals surface area contributed by atoms with Crippen molar-refractivity contribution in [2.24, 2.45) is 11.3 Å². The highest BCUT2D eigenvalue weighted by Gasteiger charge is 2.55. The number of fused-ring (bicyclic) bond motifs is 2. The van der Waals surface area contributed by atoms with Crippen LogP contribution in [-0.4, -0.2) is 44.0 Å². The molecule has 0 radical (unpaired) electrons. The molecule has 10 heteroatoms. The van der Waals surface area contributed by atoms with Crippen LogP contribution >= 0.6 is 0 Å². The van der Waals surface area contributed by atoms with Crippen molar-refractivity contribution >= 4 is 17.4 Å². The van der Waals surface area contributed by atoms with Gasteiger partial charge in [0.15, 0.2) is 11.5 Å². The summed E-state index contributed by atoms with van der Waals surface area (Å²) in [6.07, 6.45) is -2.41. The number of nitrogens with zero attached hydrogens (tertiary/aromatic N) is 5. The Kier molecular flexibility index (Phi) is 3.48. The molecule has 3 heterocycles. The first kappa shape index (κ1) is 17.0. The molecule has 4 rings (SSSR count). The summed E-state index contributed by atoms with van der Waals surface area (Å²) < 4.78 is 40.3. The SMILES string of the molecule is Cc1c(N2C[C@@H]3CCC[C@@]3(C(=O)O)C2)nn2c(C(F)(F)F)nnc2c1C. The van der Waals surface area contributed by atoms with Crippen LogP contribution in [-0.2, 0) is 11.0 Å². The third-order valence-electron chi connectivity index (χ3n) is 5.92. The van der Waals surface area contributed by atoms with Crippen molar-refractivity contribution in [2.75, 3.05) is 18.0 Å². The highest BCUT2D eigenvalue weighted by Crippen LogP contribution is 2.50. The van der Waals surface area contributed by atoms with Gasteiger partial charge in [-0.25, -0.2) is 0 Å². The highest BCUT2D eigenvalue weighted by molar-refractivity contribution is 5.78. The van der Waals surface area contributed by atoms with Gasteiger partial charge in [0.1, 0.15) is 0 Å². The second kappa shape index (κ2) is 5.31. The predicted octanol–water partition coefficient (Wildman–Crippen LogP) is 2.45. The van der Waals surface area contributed by atoms with Crippen LogP contribution in [0.3, 0.4) is 0 Å². The largest absolute Gasteiger partial charge is 0.481 e. The molecule has 2 fully saturated rings. The van der Waals surface area contributed by atoms with E-state index >= 15 is 0 Å². The molecule has 2 aliphatic rings. The highest BCUT2D eigenvalue weighted by atomic mass is 19.4. The van der Waals surface area contributed by atoms with Crippen LogP contribution in [0.1, 0.15) is 36.2 Å². The number of halogens is 3. The first-order valence-corrected chi connectivity index (χ1v) is 8.43. The number of aromatic nitrogens is 4. The number of aliphatic carboxylic acids is 1. The van der Waals surface area contributed by atoms with Gasteiger partial charge < -0.3 is 10.0 Å². The molecular weight excluding hydrogens is 351 g/mol. The van der Waals surface area contributed by atoms with E-state index in [4.69, 9.17) is 0 Å². The number of alkyl halides is 3. The Morgan fingerprint density at radius 3 is 2.62 bits per heavy atom. The first-order chi connectivity index (χ1) is 12.1. The summed E-state index contributed by atoms with van der Waals surface area (Å²) >= 11 is 0. The summed E-state index contributed by atoms with van der Waals surface area (Å²) in [7, 11) is 0. The van der Waals surface area contributed by atoms with Crippen LogP contribution < -0.4 is 4.90 Å². The van der Waals surface area contributed by atoms with E-state index in [0.717, 1.165) is 17.4 Å². The Bertz CT molecular complexity index is 909. The second-order valence-corrected chi connectivity index (χ2v) is 7.26. The lowest BCUT2D eigenvalue weighted by Crippen LogP contribution is -2.36. The maximum atomic E-state index is 13.2. The minimum absolute atomic E-state index is 0.0137. The number of aryl methyl sites for hydroxylation is 1. The second-order valence-electron chi connectivity index (χ2n) is 7.26. The normalized spacial score (nSPS) is 25.9. The average molecular weight is 369 g/mol. The van der Waals surface area contributed by atoms with E-state index < -0.39 is 23.4 Å². The van der Waals surface area contributed by atoms with Gasteiger partial charge >= 0.3 is 12.1 Å². The van der Waals surface area contributed by atoms with Gasteiger partial charge in [-0.3, -0.25) is 4.79 Å². The number of carbonyl (C=O) groups is 1. The zero-order valence-electron chi connectivity index (χ0n) is 14.3. The number of carboxylic acids is 1. The summed E-state index contributed by atoms with van der Waals surface area (Å²) in [5, 5.41) is 20.8. The third-order valence-corrected chi connectivity index (χ3v) is 5.92. The number of carboxylic acid groups (broad SMARTS) is 1. The van der Waals surface area contributed by atoms with Gasteiger partial charge in [-0.15, -0.1) is 15.3 Å². The summed E-state index contributed by atoms with van der Waals surface area (Å²) in [4.78, 5) is 13.7. The molecule has 2 aromatic rings. The molecule has 140 valence electrons. The fraction of sp³-hybridized carbons (Fsp3) is 0.625. The molecule has 2 atom stereocenters. The Balaban J connectivity index is 1.83. The molecular formula is C16H18F3N5O2. The maximum Gasteiger partial charge on any atom is 0.453 e. The number of hydrogen-bond donors (Lipinski definition) is 1. The van der Waals surface area contributed by atoms with Gasteiger partial charge in [-0.1, -0.05) is 6.42 Å². The Morgan fingerprint density at radius 2 is 2.00 bits per heavy atom. The van der Waals surface area contributed by atoms with Crippen molar-refractivity contribution in [1.82, 2.24) is 19.8 Å². The Labute approximate surface area is 146 Å². The van der Waals surface area contributed by atoms with E-state index in [2.05, 4.69) is 15.3 Å². The molecule has 1 aliphatic heterocycles. The van der Waals surface area contributed by atoms with Crippen LogP contribution in [0.2, 0.25) is 0 Å². The molecule has 1 saturated heterocycles. The third kappa shape index (κ3) is 2.20. The van der Waals surface area contributed by atoms with Crippen LogP contribution in [0.4, 0.5) is 19.0 Å². The summed E-state index contributed by atoms with van der Waals surface area (Å²) in [5.41, 5.74) is 0.473. The van der Waals surface area contributed by atoms with Crippen molar-refractivity contribution in [3.8, 4) is 0 Å². The smallest absolute Gasteiger partial charge is 0.453 e. The number of anilines is 1. The minimum Gasteiger partial charge on any atom is -0.481 e. The zero-order valence-corrected chi connectivity index (χ0v) is 14.3. The van der Waals surface area contributed by atoms with Gasteiger partial charge in [0.25, 0.3) is 5.82 Å². The van der Waals surface area contributed by atoms with E-state index in [1.165, 1.54) is 0 Å². The molecule has 7 nitrogen and oxygen atoms in total. The van der Waals surface area contributed by atoms with Crippen molar-refractivity contribution in [2.45, 2.75) is 39.3 Å². The van der Waals surface area contributed by atoms with Crippen molar-refractivity contribution < 1.29 is 23.1 Å². The fourth-order valence-electron chi connectivity index (χ4n) is 4.39. The molecule has 0 spiro atoms. The van der Waals surface area contributed by atoms with Gasteiger partial charge in [-0.2, -0.15) is 17.7 Å². The molecule has 0 amide bonds. The lowest BCUT2D eigenvalue weighted by atomic mass is 9.81. The Morgan fingerprint density at radius 1 is 1.27 bits per heavy atom. The summed E-state index contributed by atoms with van der Waals surface area (Å²) in [6, 6.07) is 0. The molecule has 0 aromatic carbocycles. The lowest BCUT2D eigenvalue weighted by molar-refractivity contribution is -0.149. The minimum atomic E-state index is -4.67. The monoisotopic (exact) mass is 369 g/mol. The van der Waals surface area contributed by atoms with Gasteiger partial charge in [0.2, 0.25) is 0 Å². The van der Waals surface area contributed by atoms with Crippen molar-refractivity contribution in [1.29, 1.82) is 0 Å². The fourth-order valence-corrected chi connectivity index (χ4v) is 4.39. The number of hydrogen-bond acceptors (Lipinski definition) is 5. The van der Waals surface area contributed by atoms with E-state index in [0.29, 0.717) is 29.9 Å². The first-order valence-electron chi connectivity index (χ1n) is 8.43.